The molecule has 0 bridgehead atoms. The van der Waals surface area contributed by atoms with E-state index >= 15 is 0 Å². The molecule has 1 aromatic heterocycles. The molecule has 6 N–H and O–H groups in total. The van der Waals surface area contributed by atoms with E-state index in [4.69, 9.17) is 20.7 Å². The molecule has 4 aliphatic rings. The van der Waals surface area contributed by atoms with Gasteiger partial charge in [-0.3, -0.25) is 34.0 Å². The Morgan fingerprint density at radius 2 is 1.63 bits per heavy atom. The average molecular weight is 923 g/mol. The number of aryl methyl sites for hydroxylation is 2. The summed E-state index contributed by atoms with van der Waals surface area (Å²) in [6, 6.07) is 23.8. The van der Waals surface area contributed by atoms with Gasteiger partial charge in [-0.15, -0.1) is 0 Å². The highest BCUT2D eigenvalue weighted by molar-refractivity contribution is 6.03. The van der Waals surface area contributed by atoms with Crippen LogP contribution in [0.15, 0.2) is 72.8 Å². The van der Waals surface area contributed by atoms with Crippen molar-refractivity contribution in [2.24, 2.45) is 18.9 Å². The Balaban J connectivity index is 0.00000203. The maximum Gasteiger partial charge on any atom is 0.290 e. The topological polar surface area (TPSA) is 203 Å². The van der Waals surface area contributed by atoms with Crippen molar-refractivity contribution in [1.82, 2.24) is 30.2 Å². The van der Waals surface area contributed by atoms with Crippen molar-refractivity contribution >= 4 is 63.2 Å². The Hall–Kier alpha value is -6.76. The molecule has 4 fully saturated rings. The Bertz CT molecular complexity index is 2770. The van der Waals surface area contributed by atoms with Gasteiger partial charge in [-0.25, -0.2) is 0 Å². The number of anilines is 2. The van der Waals surface area contributed by atoms with Gasteiger partial charge in [-0.05, 0) is 130 Å². The summed E-state index contributed by atoms with van der Waals surface area (Å²) < 4.78 is 1.81. The number of likely N-dealkylation sites (tertiary alicyclic amines) is 2. The molecule has 9 rings (SSSR count). The van der Waals surface area contributed by atoms with Gasteiger partial charge in [0.05, 0.1) is 28.8 Å². The van der Waals surface area contributed by atoms with E-state index in [0.29, 0.717) is 62.3 Å². The molecule has 2 atom stereocenters. The van der Waals surface area contributed by atoms with E-state index in [1.54, 1.807) is 12.1 Å². The number of aliphatic hydroxyl groups is 1. The number of hydrogen-bond donors (Lipinski definition) is 5. The first kappa shape index (κ1) is 47.7. The third kappa shape index (κ3) is 10.5. The number of hydrogen-bond acceptors (Lipinski definition) is 10. The summed E-state index contributed by atoms with van der Waals surface area (Å²) in [6.45, 7) is 8.72. The largest absolute Gasteiger partial charge is 0.483 e. The van der Waals surface area contributed by atoms with Crippen molar-refractivity contribution in [3.05, 3.63) is 101 Å². The lowest BCUT2D eigenvalue weighted by atomic mass is 9.87. The van der Waals surface area contributed by atoms with Gasteiger partial charge in [0.15, 0.2) is 0 Å². The van der Waals surface area contributed by atoms with E-state index < -0.39 is 11.5 Å². The molecular formula is C53H62N8O7. The first-order valence-corrected chi connectivity index (χ1v) is 23.8. The van der Waals surface area contributed by atoms with Crippen LogP contribution in [0.5, 0.6) is 0 Å². The molecule has 5 aromatic rings. The van der Waals surface area contributed by atoms with Crippen LogP contribution in [0.2, 0.25) is 0 Å². The van der Waals surface area contributed by atoms with E-state index in [2.05, 4.69) is 68.7 Å². The minimum Gasteiger partial charge on any atom is -0.483 e. The van der Waals surface area contributed by atoms with Crippen molar-refractivity contribution in [3.63, 3.8) is 0 Å². The molecule has 0 radical (unpaired) electrons. The molecule has 15 heteroatoms. The molecule has 4 aromatic carbocycles. The standard InChI is InChI=1S/C52H60N8O5.CH2O2/c1-33-8-12-38(53)30-45(33)50(63)54-34(2)40-14-11-36(41-6-4-5-7-42(40)41)10-9-35-18-24-58(25-19-35)32-52(65)22-28-60(29-23-52)51(64)37-20-26-59(27-21-37)39-13-15-43-46(31-39)57(3)56-48(43)44-16-17-47(61)55-49(44)62;2-1-3/h4-8,11-15,30-31,34-35,37,44,65H,16-29,32,53H2,1-3H3,(H,54,63)(H,55,61,62);1H,(H,2,3)/t34-,44?;/m1./s1. The van der Waals surface area contributed by atoms with E-state index in [1.807, 2.05) is 54.7 Å². The van der Waals surface area contributed by atoms with Crippen LogP contribution in [0.3, 0.4) is 0 Å². The van der Waals surface area contributed by atoms with Gasteiger partial charge < -0.3 is 36.0 Å². The van der Waals surface area contributed by atoms with Crippen LogP contribution in [0.4, 0.5) is 11.4 Å². The van der Waals surface area contributed by atoms with Gasteiger partial charge >= 0.3 is 0 Å². The van der Waals surface area contributed by atoms with Crippen LogP contribution < -0.4 is 21.3 Å². The van der Waals surface area contributed by atoms with Crippen molar-refractivity contribution < 1.29 is 34.2 Å². The monoisotopic (exact) mass is 922 g/mol. The van der Waals surface area contributed by atoms with Crippen LogP contribution in [-0.4, -0.2) is 111 Å². The lowest BCUT2D eigenvalue weighted by molar-refractivity contribution is -0.141. The third-order valence-corrected chi connectivity index (χ3v) is 14.4. The minimum atomic E-state index is -0.814. The van der Waals surface area contributed by atoms with Crippen molar-refractivity contribution in [2.45, 2.75) is 82.8 Å². The molecule has 4 aliphatic heterocycles. The summed E-state index contributed by atoms with van der Waals surface area (Å²) in [7, 11) is 1.88. The SMILES string of the molecule is Cc1ccc(N)cc1C(=O)N[C@H](C)c1ccc(C#CC2CCN(CC3(O)CCN(C(=O)C4CCN(c5ccc6c(C7CCC(=O)NC7=O)nn(C)c6c5)CC4)CC3)CC2)c2ccccc12.O=CO. The minimum absolute atomic E-state index is 0.0331. The Morgan fingerprint density at radius 3 is 2.34 bits per heavy atom. The first-order chi connectivity index (χ1) is 32.7. The number of aromatic nitrogens is 2. The van der Waals surface area contributed by atoms with Gasteiger partial charge in [-0.1, -0.05) is 48.2 Å². The number of benzene rings is 4. The van der Waals surface area contributed by atoms with Crippen molar-refractivity contribution in [1.29, 1.82) is 0 Å². The van der Waals surface area contributed by atoms with E-state index in [0.717, 1.165) is 95.9 Å². The normalized spacial score (nSPS) is 19.6. The first-order valence-electron chi connectivity index (χ1n) is 23.8. The summed E-state index contributed by atoms with van der Waals surface area (Å²) in [4.78, 5) is 66.3. The maximum absolute atomic E-state index is 13.8. The zero-order valence-corrected chi connectivity index (χ0v) is 39.2. The fraction of sp³-hybridized carbons (Fsp3) is 0.434. The summed E-state index contributed by atoms with van der Waals surface area (Å²) in [5, 5.41) is 32.0. The van der Waals surface area contributed by atoms with Crippen LogP contribution in [0.1, 0.15) is 103 Å². The number of imide groups is 1. The number of nitrogen functional groups attached to an aromatic ring is 1. The fourth-order valence-electron chi connectivity index (χ4n) is 10.5. The number of β-amino-alcohol motifs (C(OH)–C–C–N with tert-alkyl or cyclic N) is 1. The number of piperidine rings is 4. The van der Waals surface area contributed by atoms with Crippen LogP contribution >= 0.6 is 0 Å². The van der Waals surface area contributed by atoms with Crippen molar-refractivity contribution in [2.75, 3.05) is 56.4 Å². The Morgan fingerprint density at radius 1 is 0.926 bits per heavy atom. The van der Waals surface area contributed by atoms with Gasteiger partial charge in [-0.2, -0.15) is 5.10 Å². The van der Waals surface area contributed by atoms with Crippen molar-refractivity contribution in [3.8, 4) is 11.8 Å². The second-order valence-electron chi connectivity index (χ2n) is 19.0. The number of amides is 4. The zero-order valence-electron chi connectivity index (χ0n) is 39.2. The third-order valence-electron chi connectivity index (χ3n) is 14.4. The van der Waals surface area contributed by atoms with Crippen LogP contribution in [0.25, 0.3) is 21.7 Å². The summed E-state index contributed by atoms with van der Waals surface area (Å²) in [5.74, 6) is 6.39. The van der Waals surface area contributed by atoms with Gasteiger partial charge in [0.2, 0.25) is 17.7 Å². The molecule has 1 unspecified atom stereocenters. The lowest BCUT2D eigenvalue weighted by Gasteiger charge is -2.43. The quantitative estimate of drug-likeness (QED) is 0.0556. The van der Waals surface area contributed by atoms with Gasteiger partial charge in [0.1, 0.15) is 0 Å². The molecular weight excluding hydrogens is 861 g/mol. The van der Waals surface area contributed by atoms with E-state index in [9.17, 15) is 24.3 Å². The molecule has 0 aliphatic carbocycles. The number of nitrogens with two attached hydrogens (primary N) is 1. The Labute approximate surface area is 397 Å². The smallest absolute Gasteiger partial charge is 0.290 e. The van der Waals surface area contributed by atoms with E-state index in [-0.39, 0.29) is 48.0 Å². The summed E-state index contributed by atoms with van der Waals surface area (Å²) >= 11 is 0. The second kappa shape index (κ2) is 20.6. The van der Waals surface area contributed by atoms with E-state index in [1.165, 1.54) is 0 Å². The molecule has 15 nitrogen and oxygen atoms in total. The number of nitrogens with zero attached hydrogens (tertiary/aromatic N) is 5. The average Bonchev–Trinajstić information content (AvgIpc) is 3.66. The predicted octanol–water partition coefficient (Wildman–Crippen LogP) is 5.66. The fourth-order valence-corrected chi connectivity index (χ4v) is 10.5. The van der Waals surface area contributed by atoms with Crippen LogP contribution in [-0.2, 0) is 26.2 Å². The predicted molar refractivity (Wildman–Crippen MR) is 262 cm³/mol. The molecule has 5 heterocycles. The number of carboxylic acid groups (broad SMARTS) is 1. The van der Waals surface area contributed by atoms with Crippen LogP contribution in [0, 0.1) is 30.6 Å². The number of carbonyl (C=O) groups excluding carboxylic acids is 4. The Kier molecular flexibility index (Phi) is 14.5. The summed E-state index contributed by atoms with van der Waals surface area (Å²) in [5.41, 5.74) is 11.9. The molecule has 0 saturated carbocycles. The molecule has 356 valence electrons. The number of fused-ring (bicyclic) bond motifs is 2. The molecule has 68 heavy (non-hydrogen) atoms. The zero-order chi connectivity index (χ0) is 48.1. The maximum atomic E-state index is 13.8. The summed E-state index contributed by atoms with van der Waals surface area (Å²) in [6.07, 6.45) is 5.35. The number of carbonyl (C=O) groups is 5. The number of rotatable bonds is 8. The highest BCUT2D eigenvalue weighted by Crippen LogP contribution is 2.35. The molecule has 0 spiro atoms. The molecule has 4 amide bonds. The highest BCUT2D eigenvalue weighted by atomic mass is 16.3. The number of nitrogens with one attached hydrogen (secondary N) is 2. The second-order valence-corrected chi connectivity index (χ2v) is 19.0. The highest BCUT2D eigenvalue weighted by Gasteiger charge is 2.39. The lowest BCUT2D eigenvalue weighted by Crippen LogP contribution is -2.54. The van der Waals surface area contributed by atoms with Gasteiger partial charge in [0.25, 0.3) is 12.4 Å². The van der Waals surface area contributed by atoms with Gasteiger partial charge in [0, 0.05) is 85.9 Å². The molecule has 4 saturated heterocycles.